The van der Waals surface area contributed by atoms with Gasteiger partial charge in [-0.2, -0.15) is 0 Å². The zero-order valence-electron chi connectivity index (χ0n) is 11.0. The van der Waals surface area contributed by atoms with Crippen LogP contribution in [0.4, 0.5) is 0 Å². The third-order valence-corrected chi connectivity index (χ3v) is 3.53. The number of ether oxygens (including phenoxy) is 2. The fourth-order valence-electron chi connectivity index (χ4n) is 2.50. The summed E-state index contributed by atoms with van der Waals surface area (Å²) in [5, 5.41) is 0. The highest BCUT2D eigenvalue weighted by molar-refractivity contribution is 5.70. The topological polar surface area (TPSA) is 44.5 Å². The summed E-state index contributed by atoms with van der Waals surface area (Å²) in [5.74, 6) is 1.85. The molecule has 0 aliphatic carbocycles. The molecule has 0 saturated carbocycles. The molecule has 1 heterocycles. The van der Waals surface area contributed by atoms with E-state index in [2.05, 4.69) is 18.2 Å². The number of nitrogens with two attached hydrogens (primary N) is 1. The van der Waals surface area contributed by atoms with E-state index in [4.69, 9.17) is 15.2 Å². The van der Waals surface area contributed by atoms with Crippen molar-refractivity contribution in [2.75, 3.05) is 13.7 Å². The van der Waals surface area contributed by atoms with E-state index < -0.39 is 0 Å². The standard InChI is InChI=1S/C16H17NO2/c1-18-14-3-4-15(13(9-14)10-17)11-2-5-16-12(8-11)6-7-19-16/h2-5,8-9H,6-7,10,17H2,1H3. The third-order valence-electron chi connectivity index (χ3n) is 3.53. The Morgan fingerprint density at radius 2 is 2.11 bits per heavy atom. The predicted molar refractivity (Wildman–Crippen MR) is 75.5 cm³/mol. The summed E-state index contributed by atoms with van der Waals surface area (Å²) in [6.45, 7) is 1.28. The molecule has 2 aromatic rings. The minimum absolute atomic E-state index is 0.500. The summed E-state index contributed by atoms with van der Waals surface area (Å²) in [7, 11) is 1.67. The van der Waals surface area contributed by atoms with E-state index in [1.807, 2.05) is 18.2 Å². The van der Waals surface area contributed by atoms with Gasteiger partial charge in [-0.05, 0) is 46.5 Å². The molecule has 0 unspecified atom stereocenters. The second-order valence-electron chi connectivity index (χ2n) is 4.65. The van der Waals surface area contributed by atoms with Gasteiger partial charge >= 0.3 is 0 Å². The van der Waals surface area contributed by atoms with Crippen molar-refractivity contribution in [1.82, 2.24) is 0 Å². The molecule has 1 aliphatic rings. The van der Waals surface area contributed by atoms with E-state index in [9.17, 15) is 0 Å². The molecule has 0 spiro atoms. The lowest BCUT2D eigenvalue weighted by Crippen LogP contribution is -2.00. The molecule has 2 N–H and O–H groups in total. The SMILES string of the molecule is COc1ccc(-c2ccc3c(c2)CCO3)c(CN)c1. The minimum atomic E-state index is 0.500. The van der Waals surface area contributed by atoms with Crippen molar-refractivity contribution >= 4 is 0 Å². The largest absolute Gasteiger partial charge is 0.497 e. The first-order chi connectivity index (χ1) is 9.31. The first-order valence-corrected chi connectivity index (χ1v) is 6.45. The van der Waals surface area contributed by atoms with Crippen molar-refractivity contribution in [3.63, 3.8) is 0 Å². The highest BCUT2D eigenvalue weighted by Gasteiger charge is 2.14. The van der Waals surface area contributed by atoms with E-state index in [-0.39, 0.29) is 0 Å². The average Bonchev–Trinajstić information content (AvgIpc) is 2.93. The van der Waals surface area contributed by atoms with Gasteiger partial charge in [-0.25, -0.2) is 0 Å². The second kappa shape index (κ2) is 4.94. The Morgan fingerprint density at radius 1 is 1.21 bits per heavy atom. The second-order valence-corrected chi connectivity index (χ2v) is 4.65. The first kappa shape index (κ1) is 12.1. The molecular weight excluding hydrogens is 238 g/mol. The van der Waals surface area contributed by atoms with Gasteiger partial charge in [0, 0.05) is 13.0 Å². The lowest BCUT2D eigenvalue weighted by molar-refractivity contribution is 0.357. The number of rotatable bonds is 3. The molecule has 98 valence electrons. The Balaban J connectivity index is 2.06. The van der Waals surface area contributed by atoms with Crippen LogP contribution in [0, 0.1) is 0 Å². The van der Waals surface area contributed by atoms with Gasteiger partial charge in [-0.3, -0.25) is 0 Å². The summed E-state index contributed by atoms with van der Waals surface area (Å²) >= 11 is 0. The molecule has 0 atom stereocenters. The molecule has 19 heavy (non-hydrogen) atoms. The van der Waals surface area contributed by atoms with Crippen molar-refractivity contribution in [3.05, 3.63) is 47.5 Å². The number of hydrogen-bond donors (Lipinski definition) is 1. The lowest BCUT2D eigenvalue weighted by Gasteiger charge is -2.11. The summed E-state index contributed by atoms with van der Waals surface area (Å²) in [4.78, 5) is 0. The van der Waals surface area contributed by atoms with Gasteiger partial charge in [0.05, 0.1) is 13.7 Å². The molecule has 0 aromatic heterocycles. The van der Waals surface area contributed by atoms with Crippen molar-refractivity contribution in [2.24, 2.45) is 5.73 Å². The Labute approximate surface area is 113 Å². The predicted octanol–water partition coefficient (Wildman–Crippen LogP) is 2.76. The normalized spacial score (nSPS) is 12.9. The number of fused-ring (bicyclic) bond motifs is 1. The van der Waals surface area contributed by atoms with Crippen molar-refractivity contribution in [3.8, 4) is 22.6 Å². The molecule has 0 saturated heterocycles. The number of methoxy groups -OCH3 is 1. The van der Waals surface area contributed by atoms with Crippen molar-refractivity contribution in [1.29, 1.82) is 0 Å². The fourth-order valence-corrected chi connectivity index (χ4v) is 2.50. The van der Waals surface area contributed by atoms with Crippen LogP contribution in [0.1, 0.15) is 11.1 Å². The van der Waals surface area contributed by atoms with Gasteiger partial charge in [-0.15, -0.1) is 0 Å². The van der Waals surface area contributed by atoms with Crippen molar-refractivity contribution in [2.45, 2.75) is 13.0 Å². The molecular formula is C16H17NO2. The van der Waals surface area contributed by atoms with Crippen LogP contribution in [-0.2, 0) is 13.0 Å². The average molecular weight is 255 g/mol. The molecule has 0 fully saturated rings. The quantitative estimate of drug-likeness (QED) is 0.917. The number of benzene rings is 2. The van der Waals surface area contributed by atoms with Crippen LogP contribution in [0.25, 0.3) is 11.1 Å². The zero-order valence-corrected chi connectivity index (χ0v) is 11.0. The summed E-state index contributed by atoms with van der Waals surface area (Å²) < 4.78 is 10.8. The van der Waals surface area contributed by atoms with Crippen LogP contribution in [0.2, 0.25) is 0 Å². The third kappa shape index (κ3) is 2.17. The van der Waals surface area contributed by atoms with E-state index >= 15 is 0 Å². The van der Waals surface area contributed by atoms with E-state index in [0.717, 1.165) is 35.7 Å². The molecule has 1 aliphatic heterocycles. The van der Waals surface area contributed by atoms with Gasteiger partial charge in [-0.1, -0.05) is 12.1 Å². The lowest BCUT2D eigenvalue weighted by atomic mass is 9.97. The smallest absolute Gasteiger partial charge is 0.122 e. The first-order valence-electron chi connectivity index (χ1n) is 6.45. The molecule has 2 aromatic carbocycles. The van der Waals surface area contributed by atoms with E-state index in [0.29, 0.717) is 6.54 Å². The van der Waals surface area contributed by atoms with Gasteiger partial charge in [0.2, 0.25) is 0 Å². The van der Waals surface area contributed by atoms with Gasteiger partial charge < -0.3 is 15.2 Å². The van der Waals surface area contributed by atoms with Crippen LogP contribution in [0.5, 0.6) is 11.5 Å². The molecule has 3 rings (SSSR count). The van der Waals surface area contributed by atoms with Crippen LogP contribution in [0.15, 0.2) is 36.4 Å². The monoisotopic (exact) mass is 255 g/mol. The fraction of sp³-hybridized carbons (Fsp3) is 0.250. The zero-order chi connectivity index (χ0) is 13.2. The summed E-state index contributed by atoms with van der Waals surface area (Å²) in [6, 6.07) is 12.4. The van der Waals surface area contributed by atoms with Crippen LogP contribution < -0.4 is 15.2 Å². The molecule has 0 amide bonds. The van der Waals surface area contributed by atoms with Gasteiger partial charge in [0.25, 0.3) is 0 Å². The highest BCUT2D eigenvalue weighted by atomic mass is 16.5. The maximum Gasteiger partial charge on any atom is 0.122 e. The van der Waals surface area contributed by atoms with Crippen LogP contribution in [-0.4, -0.2) is 13.7 Å². The Morgan fingerprint density at radius 3 is 2.89 bits per heavy atom. The van der Waals surface area contributed by atoms with Crippen LogP contribution >= 0.6 is 0 Å². The maximum absolute atomic E-state index is 5.84. The number of hydrogen-bond acceptors (Lipinski definition) is 3. The highest BCUT2D eigenvalue weighted by Crippen LogP contribution is 2.33. The van der Waals surface area contributed by atoms with Gasteiger partial charge in [0.1, 0.15) is 11.5 Å². The molecule has 3 heteroatoms. The molecule has 0 bridgehead atoms. The van der Waals surface area contributed by atoms with Crippen molar-refractivity contribution < 1.29 is 9.47 Å². The minimum Gasteiger partial charge on any atom is -0.497 e. The Kier molecular flexibility index (Phi) is 3.13. The Hall–Kier alpha value is -2.00. The Bertz CT molecular complexity index is 608. The molecule has 0 radical (unpaired) electrons. The van der Waals surface area contributed by atoms with Crippen LogP contribution in [0.3, 0.4) is 0 Å². The van der Waals surface area contributed by atoms with E-state index in [1.54, 1.807) is 7.11 Å². The molecule has 3 nitrogen and oxygen atoms in total. The van der Waals surface area contributed by atoms with Gasteiger partial charge in [0.15, 0.2) is 0 Å². The summed E-state index contributed by atoms with van der Waals surface area (Å²) in [5.41, 5.74) is 10.6. The summed E-state index contributed by atoms with van der Waals surface area (Å²) in [6.07, 6.45) is 0.983. The van der Waals surface area contributed by atoms with E-state index in [1.165, 1.54) is 11.1 Å². The maximum atomic E-state index is 5.84.